The van der Waals surface area contributed by atoms with E-state index in [1.807, 2.05) is 55.6 Å². The summed E-state index contributed by atoms with van der Waals surface area (Å²) in [6.45, 7) is 0.112. The number of aromatic nitrogens is 3. The standard InChI is InChI=1S/C30H34N10O4/c1-40-22-10-4-2-7-18(22)25(27-26(40)19-8-3-5-11-23(19)44-27)36-15-24(41)38-21(13-17-14-34-16-37-17)29(43)39-20(28(31)42)9-6-12-35-30(32)33/h2-5,7-8,10-11,14,16,20-21H,6,9,12-13,15H2,1H3,(H9,31,32,33,34,35,37,38,39,41,42,43)/p+1/t20-,21-/m0/s1. The Bertz CT molecular complexity index is 1840. The molecule has 14 heteroatoms. The molecule has 0 radical (unpaired) electrons. The van der Waals surface area contributed by atoms with Gasteiger partial charge in [-0.1, -0.05) is 24.3 Å². The average molecular weight is 600 g/mol. The van der Waals surface area contributed by atoms with Crippen molar-refractivity contribution in [1.29, 1.82) is 0 Å². The number of primary amides is 1. The molecule has 14 nitrogen and oxygen atoms in total. The number of carbonyl (C=O) groups excluding carboxylic acids is 3. The van der Waals surface area contributed by atoms with Crippen LogP contribution in [-0.4, -0.2) is 58.8 Å². The molecule has 0 aliphatic heterocycles. The minimum atomic E-state index is -1.03. The van der Waals surface area contributed by atoms with Crippen LogP contribution in [0.3, 0.4) is 0 Å². The van der Waals surface area contributed by atoms with E-state index in [2.05, 4.69) is 35.5 Å². The van der Waals surface area contributed by atoms with E-state index in [-0.39, 0.29) is 31.9 Å². The molecule has 0 saturated heterocycles. The zero-order chi connectivity index (χ0) is 31.2. The van der Waals surface area contributed by atoms with Crippen LogP contribution in [0.15, 0.2) is 70.5 Å². The molecule has 0 unspecified atom stereocenters. The summed E-state index contributed by atoms with van der Waals surface area (Å²) in [5, 5.41) is 10.5. The van der Waals surface area contributed by atoms with Crippen molar-refractivity contribution < 1.29 is 23.4 Å². The van der Waals surface area contributed by atoms with Gasteiger partial charge in [-0.3, -0.25) is 19.4 Å². The first-order valence-corrected chi connectivity index (χ1v) is 14.1. The number of hydrogen-bond donors (Lipinski definition) is 7. The molecule has 5 aromatic rings. The van der Waals surface area contributed by atoms with Gasteiger partial charge in [-0.05, 0) is 31.0 Å². The number of rotatable bonds is 13. The fraction of sp³-hybridized carbons (Fsp3) is 0.267. The lowest BCUT2D eigenvalue weighted by molar-refractivity contribution is -0.616. The van der Waals surface area contributed by atoms with Crippen molar-refractivity contribution in [3.63, 3.8) is 0 Å². The number of aryl methyl sites for hydroxylation is 1. The van der Waals surface area contributed by atoms with Crippen LogP contribution < -0.4 is 37.7 Å². The SMILES string of the molecule is C[n+]1c2ccccc2c(NCC(=O)N[C@@H](Cc2cnc[nH]2)C(=O)N[C@@H](CCCN=C(N)N)C(N)=O)c2oc3ccccc3c21. The van der Waals surface area contributed by atoms with Crippen molar-refractivity contribution in [1.82, 2.24) is 20.6 Å². The summed E-state index contributed by atoms with van der Waals surface area (Å²) in [6, 6.07) is 13.6. The molecule has 2 aromatic carbocycles. The Hall–Kier alpha value is -5.66. The Labute approximate surface area is 252 Å². The second-order valence-corrected chi connectivity index (χ2v) is 10.4. The van der Waals surface area contributed by atoms with Gasteiger partial charge in [0.15, 0.2) is 5.96 Å². The molecule has 0 spiro atoms. The van der Waals surface area contributed by atoms with E-state index in [0.29, 0.717) is 23.4 Å². The Balaban J connectivity index is 1.35. The summed E-state index contributed by atoms with van der Waals surface area (Å²) in [4.78, 5) is 49.6. The first-order valence-electron chi connectivity index (χ1n) is 14.1. The highest BCUT2D eigenvalue weighted by Gasteiger charge is 2.28. The highest BCUT2D eigenvalue weighted by Crippen LogP contribution is 2.35. The average Bonchev–Trinajstić information content (AvgIpc) is 3.66. The number of para-hydroxylation sites is 2. The monoisotopic (exact) mass is 599 g/mol. The number of fused-ring (bicyclic) bond motifs is 4. The minimum absolute atomic E-state index is 0.0703. The molecule has 0 saturated carbocycles. The predicted molar refractivity (Wildman–Crippen MR) is 166 cm³/mol. The summed E-state index contributed by atoms with van der Waals surface area (Å²) in [5.74, 6) is -1.81. The largest absolute Gasteiger partial charge is 0.447 e. The zero-order valence-corrected chi connectivity index (χ0v) is 24.2. The third-order valence-electron chi connectivity index (χ3n) is 7.33. The Morgan fingerprint density at radius 1 is 1.02 bits per heavy atom. The van der Waals surface area contributed by atoms with Crippen molar-refractivity contribution in [3.8, 4) is 0 Å². The second-order valence-electron chi connectivity index (χ2n) is 10.4. The van der Waals surface area contributed by atoms with E-state index in [4.69, 9.17) is 21.6 Å². The van der Waals surface area contributed by atoms with Gasteiger partial charge in [0.25, 0.3) is 5.52 Å². The molecule has 10 N–H and O–H groups in total. The molecule has 0 bridgehead atoms. The number of carbonyl (C=O) groups is 3. The van der Waals surface area contributed by atoms with Gasteiger partial charge in [-0.2, -0.15) is 4.57 Å². The molecule has 3 heterocycles. The van der Waals surface area contributed by atoms with Gasteiger partial charge in [0, 0.05) is 30.9 Å². The summed E-state index contributed by atoms with van der Waals surface area (Å²) < 4.78 is 8.33. The van der Waals surface area contributed by atoms with E-state index < -0.39 is 29.8 Å². The van der Waals surface area contributed by atoms with Crippen molar-refractivity contribution in [2.75, 3.05) is 18.4 Å². The van der Waals surface area contributed by atoms with Crippen molar-refractivity contribution >= 4 is 62.3 Å². The molecule has 0 aliphatic rings. The van der Waals surface area contributed by atoms with Crippen LogP contribution in [0.1, 0.15) is 18.5 Å². The molecule has 228 valence electrons. The van der Waals surface area contributed by atoms with Crippen molar-refractivity contribution in [2.24, 2.45) is 29.2 Å². The number of aliphatic imine (C=N–C) groups is 1. The number of furan rings is 1. The molecule has 5 rings (SSSR count). The number of hydrogen-bond acceptors (Lipinski definition) is 7. The Morgan fingerprint density at radius 3 is 2.50 bits per heavy atom. The maximum absolute atomic E-state index is 13.3. The smallest absolute Gasteiger partial charge is 0.261 e. The second kappa shape index (κ2) is 13.1. The van der Waals surface area contributed by atoms with Crippen LogP contribution in [0.2, 0.25) is 0 Å². The molecule has 3 aromatic heterocycles. The van der Waals surface area contributed by atoms with E-state index in [1.165, 1.54) is 6.33 Å². The third kappa shape index (κ3) is 6.53. The maximum atomic E-state index is 13.3. The lowest BCUT2D eigenvalue weighted by atomic mass is 10.1. The van der Waals surface area contributed by atoms with Crippen molar-refractivity contribution in [2.45, 2.75) is 31.3 Å². The number of benzene rings is 2. The van der Waals surface area contributed by atoms with Gasteiger partial charge in [0.05, 0.1) is 29.3 Å². The predicted octanol–water partition coefficient (Wildman–Crippen LogP) is 0.450. The van der Waals surface area contributed by atoms with Gasteiger partial charge in [0.2, 0.25) is 28.8 Å². The van der Waals surface area contributed by atoms with Crippen LogP contribution in [0.25, 0.3) is 33.0 Å². The molecule has 2 atom stereocenters. The quantitative estimate of drug-likeness (QED) is 0.0434. The van der Waals surface area contributed by atoms with Gasteiger partial charge >= 0.3 is 0 Å². The minimum Gasteiger partial charge on any atom is -0.447 e. The van der Waals surface area contributed by atoms with Gasteiger partial charge in [-0.25, -0.2) is 4.98 Å². The number of H-pyrrole nitrogens is 1. The van der Waals surface area contributed by atoms with Gasteiger partial charge < -0.3 is 42.6 Å². The van der Waals surface area contributed by atoms with E-state index >= 15 is 0 Å². The maximum Gasteiger partial charge on any atom is 0.261 e. The molecule has 44 heavy (non-hydrogen) atoms. The highest BCUT2D eigenvalue weighted by molar-refractivity contribution is 6.11. The van der Waals surface area contributed by atoms with Crippen molar-refractivity contribution in [3.05, 3.63) is 66.7 Å². The van der Waals surface area contributed by atoms with Gasteiger partial charge in [0.1, 0.15) is 24.7 Å². The molecular weight excluding hydrogens is 564 g/mol. The number of imidazole rings is 1. The third-order valence-corrected chi connectivity index (χ3v) is 7.33. The molecular formula is C30H35N10O4+. The molecule has 0 fully saturated rings. The van der Waals surface area contributed by atoms with Crippen LogP contribution in [-0.2, 0) is 27.9 Å². The van der Waals surface area contributed by atoms with Crippen LogP contribution in [0.4, 0.5) is 5.69 Å². The van der Waals surface area contributed by atoms with Crippen LogP contribution in [0, 0.1) is 0 Å². The van der Waals surface area contributed by atoms with Crippen LogP contribution >= 0.6 is 0 Å². The lowest BCUT2D eigenvalue weighted by Gasteiger charge is -2.22. The normalized spacial score (nSPS) is 12.6. The Kier molecular flexibility index (Phi) is 8.88. The first kappa shape index (κ1) is 29.8. The lowest BCUT2D eigenvalue weighted by Crippen LogP contribution is -2.54. The number of aromatic amines is 1. The fourth-order valence-electron chi connectivity index (χ4n) is 5.23. The highest BCUT2D eigenvalue weighted by atomic mass is 16.3. The number of amides is 3. The van der Waals surface area contributed by atoms with E-state index in [1.54, 1.807) is 6.20 Å². The number of nitrogens with two attached hydrogens (primary N) is 3. The number of guanidine groups is 1. The van der Waals surface area contributed by atoms with E-state index in [9.17, 15) is 14.4 Å². The summed E-state index contributed by atoms with van der Waals surface area (Å²) in [5.41, 5.74) is 20.7. The van der Waals surface area contributed by atoms with Gasteiger partial charge in [-0.15, -0.1) is 0 Å². The Morgan fingerprint density at radius 2 is 1.77 bits per heavy atom. The van der Waals surface area contributed by atoms with E-state index in [0.717, 1.165) is 27.4 Å². The number of pyridine rings is 1. The summed E-state index contributed by atoms with van der Waals surface area (Å²) >= 11 is 0. The fourth-order valence-corrected chi connectivity index (χ4v) is 5.23. The van der Waals surface area contributed by atoms with Crippen LogP contribution in [0.5, 0.6) is 0 Å². The topological polar surface area (TPSA) is 223 Å². The summed E-state index contributed by atoms with van der Waals surface area (Å²) in [7, 11) is 1.97. The first-order chi connectivity index (χ1) is 21.2. The molecule has 3 amide bonds. The molecule has 0 aliphatic carbocycles. The number of nitrogens with one attached hydrogen (secondary N) is 4. The summed E-state index contributed by atoms with van der Waals surface area (Å²) in [6.07, 6.45) is 3.76. The number of nitrogens with zero attached hydrogens (tertiary/aromatic N) is 3. The zero-order valence-electron chi connectivity index (χ0n) is 24.2. The number of anilines is 1.